The molecular formula is C14H19NO3S. The van der Waals surface area contributed by atoms with E-state index in [0.29, 0.717) is 11.4 Å². The number of Topliss-reactive ketones (excluding diaryl/α,β-unsaturated/α-hetero) is 1. The van der Waals surface area contributed by atoms with Gasteiger partial charge >= 0.3 is 5.97 Å². The Morgan fingerprint density at radius 3 is 2.63 bits per heavy atom. The lowest BCUT2D eigenvalue weighted by Gasteiger charge is -2.31. The zero-order valence-electron chi connectivity index (χ0n) is 11.5. The van der Waals surface area contributed by atoms with Gasteiger partial charge in [0.25, 0.3) is 0 Å². The number of rotatable bonds is 7. The SMILES string of the molecule is C=CCC(C)(C)C(CC(C)=O)c1nc(C(=O)O)cs1. The van der Waals surface area contributed by atoms with Gasteiger partial charge in [-0.1, -0.05) is 19.9 Å². The number of carbonyl (C=O) groups is 2. The zero-order chi connectivity index (χ0) is 14.6. The van der Waals surface area contributed by atoms with E-state index in [2.05, 4.69) is 11.6 Å². The Bertz CT molecular complexity index is 491. The van der Waals surface area contributed by atoms with E-state index < -0.39 is 5.97 Å². The van der Waals surface area contributed by atoms with E-state index in [0.717, 1.165) is 6.42 Å². The summed E-state index contributed by atoms with van der Waals surface area (Å²) in [4.78, 5) is 26.5. The molecule has 1 rings (SSSR count). The number of nitrogens with zero attached hydrogens (tertiary/aromatic N) is 1. The van der Waals surface area contributed by atoms with Crippen molar-refractivity contribution in [2.24, 2.45) is 5.41 Å². The fourth-order valence-corrected chi connectivity index (χ4v) is 3.15. The van der Waals surface area contributed by atoms with Crippen molar-refractivity contribution in [2.75, 3.05) is 0 Å². The van der Waals surface area contributed by atoms with Gasteiger partial charge in [-0.2, -0.15) is 0 Å². The molecule has 0 aromatic carbocycles. The molecule has 0 fully saturated rings. The van der Waals surface area contributed by atoms with Crippen LogP contribution in [-0.2, 0) is 4.79 Å². The highest BCUT2D eigenvalue weighted by Crippen LogP contribution is 2.42. The molecule has 1 unspecified atom stereocenters. The molecule has 0 saturated heterocycles. The molecule has 0 aliphatic rings. The summed E-state index contributed by atoms with van der Waals surface area (Å²) in [5, 5.41) is 11.2. The fourth-order valence-electron chi connectivity index (χ4n) is 2.05. The third-order valence-electron chi connectivity index (χ3n) is 3.14. The average Bonchev–Trinajstić information content (AvgIpc) is 2.74. The second kappa shape index (κ2) is 6.10. The lowest BCUT2D eigenvalue weighted by atomic mass is 9.74. The summed E-state index contributed by atoms with van der Waals surface area (Å²) in [6, 6.07) is 0. The molecule has 1 atom stereocenters. The Labute approximate surface area is 117 Å². The number of hydrogen-bond donors (Lipinski definition) is 1. The highest BCUT2D eigenvalue weighted by Gasteiger charge is 2.33. The molecule has 1 heterocycles. The number of ketones is 1. The van der Waals surface area contributed by atoms with Crippen LogP contribution in [0, 0.1) is 5.41 Å². The highest BCUT2D eigenvalue weighted by atomic mass is 32.1. The molecule has 0 bridgehead atoms. The summed E-state index contributed by atoms with van der Waals surface area (Å²) in [6.07, 6.45) is 2.93. The maximum absolute atomic E-state index is 11.5. The minimum atomic E-state index is -1.04. The molecule has 4 nitrogen and oxygen atoms in total. The molecule has 0 radical (unpaired) electrons. The van der Waals surface area contributed by atoms with Gasteiger partial charge in [-0.15, -0.1) is 17.9 Å². The van der Waals surface area contributed by atoms with E-state index in [1.54, 1.807) is 6.92 Å². The third kappa shape index (κ3) is 3.99. The van der Waals surface area contributed by atoms with Crippen LogP contribution in [0.15, 0.2) is 18.0 Å². The van der Waals surface area contributed by atoms with Crippen molar-refractivity contribution in [3.05, 3.63) is 28.7 Å². The van der Waals surface area contributed by atoms with Gasteiger partial charge in [-0.25, -0.2) is 9.78 Å². The lowest BCUT2D eigenvalue weighted by Crippen LogP contribution is -2.23. The summed E-state index contributed by atoms with van der Waals surface area (Å²) in [5.74, 6) is -1.04. The van der Waals surface area contributed by atoms with Crippen molar-refractivity contribution in [3.63, 3.8) is 0 Å². The second-order valence-electron chi connectivity index (χ2n) is 5.32. The quantitative estimate of drug-likeness (QED) is 0.777. The van der Waals surface area contributed by atoms with E-state index in [-0.39, 0.29) is 22.8 Å². The summed E-state index contributed by atoms with van der Waals surface area (Å²) in [7, 11) is 0. The smallest absolute Gasteiger partial charge is 0.355 e. The summed E-state index contributed by atoms with van der Waals surface area (Å²) in [6.45, 7) is 9.37. The number of aromatic carboxylic acids is 1. The largest absolute Gasteiger partial charge is 0.476 e. The first kappa shape index (κ1) is 15.6. The first-order valence-electron chi connectivity index (χ1n) is 6.07. The number of carboxylic acid groups (broad SMARTS) is 1. The minimum Gasteiger partial charge on any atom is -0.476 e. The Balaban J connectivity index is 3.11. The molecule has 0 amide bonds. The van der Waals surface area contributed by atoms with Gasteiger partial charge in [0.2, 0.25) is 0 Å². The predicted octanol–water partition coefficient (Wildman–Crippen LogP) is 3.51. The molecule has 1 N–H and O–H groups in total. The molecule has 1 aromatic rings. The van der Waals surface area contributed by atoms with Gasteiger partial charge in [-0.05, 0) is 18.8 Å². The van der Waals surface area contributed by atoms with Crippen LogP contribution in [-0.4, -0.2) is 21.8 Å². The molecular weight excluding hydrogens is 262 g/mol. The van der Waals surface area contributed by atoms with Crippen molar-refractivity contribution in [3.8, 4) is 0 Å². The lowest BCUT2D eigenvalue weighted by molar-refractivity contribution is -0.118. The van der Waals surface area contributed by atoms with Crippen molar-refractivity contribution in [1.82, 2.24) is 4.98 Å². The van der Waals surface area contributed by atoms with Crippen molar-refractivity contribution < 1.29 is 14.7 Å². The Kier molecular flexibility index (Phi) is 5.00. The molecule has 0 aliphatic heterocycles. The molecule has 0 saturated carbocycles. The summed E-state index contributed by atoms with van der Waals surface area (Å²) in [5.41, 5.74) is -0.135. The predicted molar refractivity (Wildman–Crippen MR) is 75.7 cm³/mol. The maximum Gasteiger partial charge on any atom is 0.355 e. The fraction of sp³-hybridized carbons (Fsp3) is 0.500. The maximum atomic E-state index is 11.5. The monoisotopic (exact) mass is 281 g/mol. The minimum absolute atomic E-state index is 0.0444. The van der Waals surface area contributed by atoms with Crippen LogP contribution in [0.1, 0.15) is 55.0 Å². The van der Waals surface area contributed by atoms with Crippen LogP contribution in [0.4, 0.5) is 0 Å². The van der Waals surface area contributed by atoms with E-state index in [1.807, 2.05) is 19.9 Å². The van der Waals surface area contributed by atoms with Crippen LogP contribution < -0.4 is 0 Å². The highest BCUT2D eigenvalue weighted by molar-refractivity contribution is 7.09. The van der Waals surface area contributed by atoms with Crippen molar-refractivity contribution >= 4 is 23.1 Å². The molecule has 19 heavy (non-hydrogen) atoms. The van der Waals surface area contributed by atoms with Gasteiger partial charge in [0, 0.05) is 17.7 Å². The molecule has 1 aromatic heterocycles. The number of carbonyl (C=O) groups excluding carboxylic acids is 1. The van der Waals surface area contributed by atoms with Crippen LogP contribution >= 0.6 is 11.3 Å². The van der Waals surface area contributed by atoms with Crippen LogP contribution in [0.3, 0.4) is 0 Å². The number of allylic oxidation sites excluding steroid dienone is 1. The summed E-state index contributed by atoms with van der Waals surface area (Å²) >= 11 is 1.30. The number of hydrogen-bond acceptors (Lipinski definition) is 4. The van der Waals surface area contributed by atoms with Crippen molar-refractivity contribution in [1.29, 1.82) is 0 Å². The van der Waals surface area contributed by atoms with E-state index in [9.17, 15) is 9.59 Å². The first-order chi connectivity index (χ1) is 8.77. The third-order valence-corrected chi connectivity index (χ3v) is 4.10. The molecule has 104 valence electrons. The first-order valence-corrected chi connectivity index (χ1v) is 6.95. The Hall–Kier alpha value is -1.49. The van der Waals surface area contributed by atoms with Crippen molar-refractivity contribution in [2.45, 2.75) is 39.5 Å². The second-order valence-corrected chi connectivity index (χ2v) is 6.21. The number of thiazole rings is 1. The average molecular weight is 281 g/mol. The van der Waals surface area contributed by atoms with Gasteiger partial charge in [-0.3, -0.25) is 0 Å². The molecule has 5 heteroatoms. The van der Waals surface area contributed by atoms with E-state index >= 15 is 0 Å². The zero-order valence-corrected chi connectivity index (χ0v) is 12.3. The Morgan fingerprint density at radius 1 is 1.58 bits per heavy atom. The topological polar surface area (TPSA) is 67.3 Å². The van der Waals surface area contributed by atoms with Crippen LogP contribution in [0.5, 0.6) is 0 Å². The summed E-state index contributed by atoms with van der Waals surface area (Å²) < 4.78 is 0. The van der Waals surface area contributed by atoms with E-state index in [4.69, 9.17) is 5.11 Å². The molecule has 0 aliphatic carbocycles. The molecule has 0 spiro atoms. The van der Waals surface area contributed by atoms with Gasteiger partial charge in [0.05, 0.1) is 5.01 Å². The van der Waals surface area contributed by atoms with Gasteiger partial charge in [0.1, 0.15) is 5.78 Å². The Morgan fingerprint density at radius 2 is 2.21 bits per heavy atom. The normalized spacial score (nSPS) is 13.0. The van der Waals surface area contributed by atoms with Gasteiger partial charge < -0.3 is 9.90 Å². The standard InChI is InChI=1S/C14H19NO3S/c1-5-6-14(3,4)10(7-9(2)16)12-15-11(8-19-12)13(17)18/h5,8,10H,1,6-7H2,2-4H3,(H,17,18). The van der Waals surface area contributed by atoms with E-state index in [1.165, 1.54) is 16.7 Å². The van der Waals surface area contributed by atoms with Crippen LogP contribution in [0.2, 0.25) is 0 Å². The van der Waals surface area contributed by atoms with Gasteiger partial charge in [0.15, 0.2) is 5.69 Å². The number of aromatic nitrogens is 1. The number of carboxylic acids is 1. The van der Waals surface area contributed by atoms with Crippen LogP contribution in [0.25, 0.3) is 0 Å².